The highest BCUT2D eigenvalue weighted by Gasteiger charge is 2.41. The van der Waals surface area contributed by atoms with Gasteiger partial charge in [0.05, 0.1) is 5.56 Å². The highest BCUT2D eigenvalue weighted by atomic mass is 32.2. The minimum Gasteiger partial charge on any atom is -0.508 e. The SMILES string of the molecule is C.CSC1(SC)Oc2cc(O)cc(O)c2-c2cc(C)ccc21. The standard InChI is InChI=1S/C16H16O3S2.CH4/c1-9-4-5-12-11(6-9)15-13(18)7-10(17)8-14(15)19-16(12,20-2)21-3;/h4-8,17-18H,1-3H3;1H4. The summed E-state index contributed by atoms with van der Waals surface area (Å²) >= 11 is 3.19. The molecule has 0 aliphatic carbocycles. The van der Waals surface area contributed by atoms with Crippen molar-refractivity contribution in [3.8, 4) is 28.4 Å². The number of ether oxygens (including phenoxy) is 1. The van der Waals surface area contributed by atoms with E-state index in [1.807, 2.05) is 31.6 Å². The molecule has 0 saturated heterocycles. The van der Waals surface area contributed by atoms with Crippen LogP contribution in [0.1, 0.15) is 18.6 Å². The highest BCUT2D eigenvalue weighted by molar-refractivity contribution is 8.16. The molecule has 118 valence electrons. The first-order valence-electron chi connectivity index (χ1n) is 6.47. The summed E-state index contributed by atoms with van der Waals surface area (Å²) in [7, 11) is 0. The van der Waals surface area contributed by atoms with E-state index in [0.29, 0.717) is 11.3 Å². The summed E-state index contributed by atoms with van der Waals surface area (Å²) in [5, 5.41) is 20.0. The van der Waals surface area contributed by atoms with Gasteiger partial charge in [-0.2, -0.15) is 0 Å². The van der Waals surface area contributed by atoms with Crippen molar-refractivity contribution < 1.29 is 14.9 Å². The summed E-state index contributed by atoms with van der Waals surface area (Å²) in [4.78, 5) is 0. The molecule has 2 N–H and O–H groups in total. The van der Waals surface area contributed by atoms with E-state index in [0.717, 1.165) is 16.7 Å². The van der Waals surface area contributed by atoms with Crippen LogP contribution >= 0.6 is 23.5 Å². The second-order valence-corrected chi connectivity index (χ2v) is 7.18. The molecule has 0 saturated carbocycles. The molecule has 2 aromatic carbocycles. The van der Waals surface area contributed by atoms with E-state index in [2.05, 4.69) is 6.07 Å². The van der Waals surface area contributed by atoms with E-state index in [-0.39, 0.29) is 18.9 Å². The van der Waals surface area contributed by atoms with Crippen LogP contribution in [0.25, 0.3) is 11.1 Å². The van der Waals surface area contributed by atoms with Gasteiger partial charge in [-0.05, 0) is 25.0 Å². The molecule has 22 heavy (non-hydrogen) atoms. The minimum atomic E-state index is -0.573. The predicted molar refractivity (Wildman–Crippen MR) is 96.0 cm³/mol. The molecule has 3 rings (SSSR count). The van der Waals surface area contributed by atoms with Crippen LogP contribution in [-0.4, -0.2) is 22.7 Å². The van der Waals surface area contributed by atoms with Gasteiger partial charge in [-0.15, -0.1) is 23.5 Å². The third-order valence-corrected chi connectivity index (χ3v) is 6.30. The van der Waals surface area contributed by atoms with E-state index in [9.17, 15) is 10.2 Å². The summed E-state index contributed by atoms with van der Waals surface area (Å²) in [6.07, 6.45) is 3.99. The van der Waals surface area contributed by atoms with Crippen LogP contribution in [0.15, 0.2) is 30.3 Å². The third kappa shape index (κ3) is 2.42. The number of phenolic OH excluding ortho intramolecular Hbond substituents is 2. The molecular formula is C17H20O3S2. The lowest BCUT2D eigenvalue weighted by molar-refractivity contribution is 0.256. The zero-order chi connectivity index (χ0) is 15.2. The minimum absolute atomic E-state index is 0. The molecule has 0 amide bonds. The maximum atomic E-state index is 10.2. The summed E-state index contributed by atoms with van der Waals surface area (Å²) in [6, 6.07) is 9.05. The summed E-state index contributed by atoms with van der Waals surface area (Å²) < 4.78 is 5.58. The Morgan fingerprint density at radius 1 is 1.05 bits per heavy atom. The topological polar surface area (TPSA) is 49.7 Å². The molecule has 1 aliphatic heterocycles. The maximum Gasteiger partial charge on any atom is 0.227 e. The molecule has 0 spiro atoms. The molecule has 0 bridgehead atoms. The first kappa shape index (κ1) is 16.9. The quantitative estimate of drug-likeness (QED) is 0.761. The average Bonchev–Trinajstić information content (AvgIpc) is 2.45. The Labute approximate surface area is 139 Å². The summed E-state index contributed by atoms with van der Waals surface area (Å²) in [5.41, 5.74) is 3.74. The van der Waals surface area contributed by atoms with Crippen LogP contribution in [0.3, 0.4) is 0 Å². The Kier molecular flexibility index (Phi) is 4.59. The average molecular weight is 336 g/mol. The van der Waals surface area contributed by atoms with Crippen molar-refractivity contribution in [2.24, 2.45) is 0 Å². The number of thioether (sulfide) groups is 2. The summed E-state index contributed by atoms with van der Waals surface area (Å²) in [5.74, 6) is 0.542. The van der Waals surface area contributed by atoms with Crippen molar-refractivity contribution in [3.63, 3.8) is 0 Å². The van der Waals surface area contributed by atoms with E-state index >= 15 is 0 Å². The zero-order valence-electron chi connectivity index (χ0n) is 12.0. The van der Waals surface area contributed by atoms with Gasteiger partial charge < -0.3 is 14.9 Å². The smallest absolute Gasteiger partial charge is 0.227 e. The highest BCUT2D eigenvalue weighted by Crippen LogP contribution is 2.57. The van der Waals surface area contributed by atoms with Crippen LogP contribution in [0.4, 0.5) is 0 Å². The number of rotatable bonds is 2. The normalized spacial score (nSPS) is 14.3. The van der Waals surface area contributed by atoms with Crippen molar-refractivity contribution >= 4 is 23.5 Å². The van der Waals surface area contributed by atoms with Gasteiger partial charge in [-0.3, -0.25) is 0 Å². The molecule has 0 aromatic heterocycles. The largest absolute Gasteiger partial charge is 0.508 e. The van der Waals surface area contributed by atoms with Crippen LogP contribution in [-0.2, 0) is 4.27 Å². The fourth-order valence-corrected chi connectivity index (χ4v) is 4.46. The number of benzene rings is 2. The number of phenols is 2. The second-order valence-electron chi connectivity index (χ2n) is 4.95. The monoisotopic (exact) mass is 336 g/mol. The van der Waals surface area contributed by atoms with Gasteiger partial charge in [-0.25, -0.2) is 0 Å². The lowest BCUT2D eigenvalue weighted by Gasteiger charge is -2.38. The van der Waals surface area contributed by atoms with Crippen LogP contribution in [0.5, 0.6) is 17.2 Å². The molecule has 0 radical (unpaired) electrons. The van der Waals surface area contributed by atoms with Crippen molar-refractivity contribution in [2.45, 2.75) is 18.6 Å². The molecule has 1 aliphatic rings. The first-order valence-corrected chi connectivity index (χ1v) is 8.92. The van der Waals surface area contributed by atoms with Crippen molar-refractivity contribution in [1.29, 1.82) is 0 Å². The van der Waals surface area contributed by atoms with Gasteiger partial charge in [0.2, 0.25) is 4.27 Å². The van der Waals surface area contributed by atoms with Gasteiger partial charge in [0.15, 0.2) is 0 Å². The number of hydrogen-bond acceptors (Lipinski definition) is 5. The van der Waals surface area contributed by atoms with Crippen LogP contribution < -0.4 is 4.74 Å². The predicted octanol–water partition coefficient (Wildman–Crippen LogP) is 4.94. The van der Waals surface area contributed by atoms with E-state index in [1.54, 1.807) is 29.6 Å². The fraction of sp³-hybridized carbons (Fsp3) is 0.294. The Morgan fingerprint density at radius 2 is 1.73 bits per heavy atom. The molecule has 0 fully saturated rings. The van der Waals surface area contributed by atoms with Crippen molar-refractivity contribution in [3.05, 3.63) is 41.5 Å². The van der Waals surface area contributed by atoms with E-state index in [4.69, 9.17) is 4.74 Å². The Balaban J connectivity index is 0.00000176. The molecule has 0 atom stereocenters. The number of hydrogen-bond donors (Lipinski definition) is 2. The Morgan fingerprint density at radius 3 is 2.36 bits per heavy atom. The Hall–Kier alpha value is -1.46. The molecule has 1 heterocycles. The lowest BCUT2D eigenvalue weighted by atomic mass is 9.94. The molecule has 3 nitrogen and oxygen atoms in total. The fourth-order valence-electron chi connectivity index (χ4n) is 2.66. The van der Waals surface area contributed by atoms with Crippen LogP contribution in [0, 0.1) is 6.92 Å². The van der Waals surface area contributed by atoms with Gasteiger partial charge >= 0.3 is 0 Å². The molecular weight excluding hydrogens is 316 g/mol. The maximum absolute atomic E-state index is 10.2. The number of fused-ring (bicyclic) bond motifs is 3. The first-order chi connectivity index (χ1) is 10.0. The molecule has 5 heteroatoms. The van der Waals surface area contributed by atoms with Gasteiger partial charge in [0, 0.05) is 17.7 Å². The molecule has 2 aromatic rings. The van der Waals surface area contributed by atoms with Crippen molar-refractivity contribution in [1.82, 2.24) is 0 Å². The van der Waals surface area contributed by atoms with E-state index < -0.39 is 4.27 Å². The van der Waals surface area contributed by atoms with Gasteiger partial charge in [0.1, 0.15) is 17.2 Å². The second kappa shape index (κ2) is 5.97. The van der Waals surface area contributed by atoms with Gasteiger partial charge in [-0.1, -0.05) is 31.2 Å². The van der Waals surface area contributed by atoms with E-state index in [1.165, 1.54) is 6.07 Å². The van der Waals surface area contributed by atoms with Gasteiger partial charge in [0.25, 0.3) is 0 Å². The van der Waals surface area contributed by atoms with Crippen molar-refractivity contribution in [2.75, 3.05) is 12.5 Å². The third-order valence-electron chi connectivity index (χ3n) is 3.62. The zero-order valence-corrected chi connectivity index (χ0v) is 13.6. The lowest BCUT2D eigenvalue weighted by Crippen LogP contribution is -2.29. The van der Waals surface area contributed by atoms with Crippen LogP contribution in [0.2, 0.25) is 0 Å². The number of aryl methyl sites for hydroxylation is 1. The Bertz CT molecular complexity index is 709. The number of aromatic hydroxyl groups is 2. The summed E-state index contributed by atoms with van der Waals surface area (Å²) in [6.45, 7) is 2.02. The molecule has 0 unspecified atom stereocenters.